The van der Waals surface area contributed by atoms with Crippen molar-refractivity contribution >= 4 is 12.0 Å². The first-order valence-electron chi connectivity index (χ1n) is 4.00. The average molecular weight is 185 g/mol. The van der Waals surface area contributed by atoms with E-state index < -0.39 is 17.5 Å². The molecule has 0 aliphatic carbocycles. The Morgan fingerprint density at radius 3 is 2.00 bits per heavy atom. The number of carbonyl (C=O) groups is 2. The standard InChI is InChI=1S/C9H15NO3/c1-5-6-7(11)10(8(12)13)9(2,3)4/h5-6H,1-4H3,(H,12,13). The third kappa shape index (κ3) is 3.27. The molecule has 0 saturated carbocycles. The maximum Gasteiger partial charge on any atom is 0.414 e. The Bertz CT molecular complexity index is 238. The molecule has 74 valence electrons. The van der Waals surface area contributed by atoms with Crippen LogP contribution in [0.15, 0.2) is 12.2 Å². The van der Waals surface area contributed by atoms with E-state index in [-0.39, 0.29) is 0 Å². The molecule has 0 unspecified atom stereocenters. The van der Waals surface area contributed by atoms with Crippen molar-refractivity contribution in [2.24, 2.45) is 0 Å². The summed E-state index contributed by atoms with van der Waals surface area (Å²) in [5.74, 6) is -0.512. The minimum Gasteiger partial charge on any atom is -0.465 e. The Hall–Kier alpha value is -1.32. The second kappa shape index (κ2) is 4.07. The summed E-state index contributed by atoms with van der Waals surface area (Å²) in [6.07, 6.45) is 1.53. The van der Waals surface area contributed by atoms with E-state index in [1.54, 1.807) is 27.7 Å². The molecule has 0 aliphatic heterocycles. The minimum absolute atomic E-state index is 0.512. The molecule has 0 spiro atoms. The van der Waals surface area contributed by atoms with Crippen molar-refractivity contribution in [2.75, 3.05) is 0 Å². The van der Waals surface area contributed by atoms with Crippen molar-refractivity contribution in [3.8, 4) is 0 Å². The number of amides is 2. The van der Waals surface area contributed by atoms with Gasteiger partial charge in [0, 0.05) is 5.54 Å². The molecule has 0 heterocycles. The molecule has 4 nitrogen and oxygen atoms in total. The normalized spacial score (nSPS) is 11.7. The van der Waals surface area contributed by atoms with Crippen LogP contribution in [0.4, 0.5) is 4.79 Å². The van der Waals surface area contributed by atoms with Gasteiger partial charge in [-0.15, -0.1) is 0 Å². The van der Waals surface area contributed by atoms with Crippen molar-refractivity contribution in [3.63, 3.8) is 0 Å². The summed E-state index contributed by atoms with van der Waals surface area (Å²) in [5.41, 5.74) is -0.706. The number of hydrogen-bond donors (Lipinski definition) is 1. The van der Waals surface area contributed by atoms with Crippen LogP contribution in [0.25, 0.3) is 0 Å². The van der Waals surface area contributed by atoms with Gasteiger partial charge in [-0.2, -0.15) is 0 Å². The van der Waals surface area contributed by atoms with Crippen LogP contribution in [0, 0.1) is 0 Å². The number of nitrogens with zero attached hydrogens (tertiary/aromatic N) is 1. The second-order valence-corrected chi connectivity index (χ2v) is 3.63. The molecular formula is C9H15NO3. The van der Waals surface area contributed by atoms with Crippen molar-refractivity contribution in [1.82, 2.24) is 4.90 Å². The van der Waals surface area contributed by atoms with Gasteiger partial charge in [0.15, 0.2) is 0 Å². The van der Waals surface area contributed by atoms with Gasteiger partial charge >= 0.3 is 6.09 Å². The molecule has 0 atom stereocenters. The van der Waals surface area contributed by atoms with Gasteiger partial charge < -0.3 is 5.11 Å². The van der Waals surface area contributed by atoms with Crippen LogP contribution in [0.5, 0.6) is 0 Å². The van der Waals surface area contributed by atoms with E-state index >= 15 is 0 Å². The summed E-state index contributed by atoms with van der Waals surface area (Å²) in [7, 11) is 0. The number of imide groups is 1. The first-order valence-corrected chi connectivity index (χ1v) is 4.00. The number of carbonyl (C=O) groups excluding carboxylic acids is 1. The van der Waals surface area contributed by atoms with Crippen LogP contribution in [-0.2, 0) is 4.79 Å². The molecule has 0 rings (SSSR count). The fourth-order valence-electron chi connectivity index (χ4n) is 0.929. The molecule has 0 saturated heterocycles. The van der Waals surface area contributed by atoms with E-state index in [2.05, 4.69) is 0 Å². The summed E-state index contributed by atoms with van der Waals surface area (Å²) in [5, 5.41) is 8.78. The quantitative estimate of drug-likeness (QED) is 0.634. The molecule has 0 aromatic heterocycles. The maximum absolute atomic E-state index is 11.3. The van der Waals surface area contributed by atoms with E-state index in [1.165, 1.54) is 12.2 Å². The summed E-state index contributed by atoms with van der Waals surface area (Å²) >= 11 is 0. The predicted octanol–water partition coefficient (Wildman–Crippen LogP) is 1.87. The van der Waals surface area contributed by atoms with Crippen LogP contribution < -0.4 is 0 Å². The van der Waals surface area contributed by atoms with Crippen LogP contribution in [0.2, 0.25) is 0 Å². The van der Waals surface area contributed by atoms with Gasteiger partial charge in [0.1, 0.15) is 0 Å². The second-order valence-electron chi connectivity index (χ2n) is 3.63. The number of rotatable bonds is 1. The first-order chi connectivity index (χ1) is 5.80. The van der Waals surface area contributed by atoms with Gasteiger partial charge in [0.05, 0.1) is 0 Å². The third-order valence-corrected chi connectivity index (χ3v) is 1.39. The number of allylic oxidation sites excluding steroid dienone is 1. The highest BCUT2D eigenvalue weighted by atomic mass is 16.4. The van der Waals surface area contributed by atoms with E-state index in [1.807, 2.05) is 0 Å². The molecule has 0 fully saturated rings. The first kappa shape index (κ1) is 11.7. The molecule has 0 bridgehead atoms. The minimum atomic E-state index is -1.23. The molecule has 2 amide bonds. The molecule has 0 aromatic rings. The van der Waals surface area contributed by atoms with Gasteiger partial charge in [0.25, 0.3) is 5.91 Å². The monoisotopic (exact) mass is 185 g/mol. The fourth-order valence-corrected chi connectivity index (χ4v) is 0.929. The van der Waals surface area contributed by atoms with Crippen LogP contribution in [0.1, 0.15) is 27.7 Å². The molecule has 1 N–H and O–H groups in total. The molecule has 0 radical (unpaired) electrons. The molecule has 0 aliphatic rings. The maximum atomic E-state index is 11.3. The highest BCUT2D eigenvalue weighted by molar-refractivity contribution is 5.98. The van der Waals surface area contributed by atoms with Gasteiger partial charge in [-0.05, 0) is 33.8 Å². The molecular weight excluding hydrogens is 170 g/mol. The SMILES string of the molecule is CC=CC(=O)N(C(=O)O)C(C)(C)C. The van der Waals surface area contributed by atoms with Gasteiger partial charge in [0.2, 0.25) is 0 Å². The fraction of sp³-hybridized carbons (Fsp3) is 0.556. The summed E-state index contributed by atoms with van der Waals surface area (Å²) < 4.78 is 0. The Morgan fingerprint density at radius 2 is 1.77 bits per heavy atom. The lowest BCUT2D eigenvalue weighted by atomic mass is 10.1. The molecule has 13 heavy (non-hydrogen) atoms. The number of hydrogen-bond acceptors (Lipinski definition) is 2. The third-order valence-electron chi connectivity index (χ3n) is 1.39. The Balaban J connectivity index is 4.83. The molecule has 4 heteroatoms. The van der Waals surface area contributed by atoms with E-state index in [9.17, 15) is 9.59 Å². The van der Waals surface area contributed by atoms with Crippen LogP contribution in [-0.4, -0.2) is 27.5 Å². The highest BCUT2D eigenvalue weighted by Gasteiger charge is 2.30. The van der Waals surface area contributed by atoms with Crippen molar-refractivity contribution in [3.05, 3.63) is 12.2 Å². The zero-order chi connectivity index (χ0) is 10.6. The van der Waals surface area contributed by atoms with Gasteiger partial charge in [-0.1, -0.05) is 6.08 Å². The van der Waals surface area contributed by atoms with Crippen LogP contribution >= 0.6 is 0 Å². The zero-order valence-corrected chi connectivity index (χ0v) is 8.37. The average Bonchev–Trinajstić information content (AvgIpc) is 1.82. The lowest BCUT2D eigenvalue weighted by Gasteiger charge is -2.30. The van der Waals surface area contributed by atoms with Gasteiger partial charge in [-0.25, -0.2) is 9.69 Å². The Morgan fingerprint density at radius 1 is 1.31 bits per heavy atom. The summed E-state index contributed by atoms with van der Waals surface area (Å²) in [6.45, 7) is 6.67. The van der Waals surface area contributed by atoms with Crippen LogP contribution in [0.3, 0.4) is 0 Å². The predicted molar refractivity (Wildman–Crippen MR) is 49.4 cm³/mol. The summed E-state index contributed by atoms with van der Waals surface area (Å²) in [6, 6.07) is 0. The van der Waals surface area contributed by atoms with Crippen molar-refractivity contribution in [2.45, 2.75) is 33.2 Å². The van der Waals surface area contributed by atoms with E-state index in [0.717, 1.165) is 4.90 Å². The number of carboxylic acid groups (broad SMARTS) is 1. The Labute approximate surface area is 77.8 Å². The smallest absolute Gasteiger partial charge is 0.414 e. The summed E-state index contributed by atoms with van der Waals surface area (Å²) in [4.78, 5) is 22.8. The Kier molecular flexibility index (Phi) is 3.66. The molecule has 0 aromatic carbocycles. The van der Waals surface area contributed by atoms with Gasteiger partial charge in [-0.3, -0.25) is 4.79 Å². The zero-order valence-electron chi connectivity index (χ0n) is 8.37. The van der Waals surface area contributed by atoms with E-state index in [0.29, 0.717) is 0 Å². The topological polar surface area (TPSA) is 57.6 Å². The lowest BCUT2D eigenvalue weighted by Crippen LogP contribution is -2.48. The highest BCUT2D eigenvalue weighted by Crippen LogP contribution is 2.13. The lowest BCUT2D eigenvalue weighted by molar-refractivity contribution is -0.127. The van der Waals surface area contributed by atoms with Crippen molar-refractivity contribution < 1.29 is 14.7 Å². The van der Waals surface area contributed by atoms with E-state index in [4.69, 9.17) is 5.11 Å². The largest absolute Gasteiger partial charge is 0.465 e. The van der Waals surface area contributed by atoms with Crippen molar-refractivity contribution in [1.29, 1.82) is 0 Å².